The fourth-order valence-corrected chi connectivity index (χ4v) is 7.10. The van der Waals surface area contributed by atoms with Gasteiger partial charge in [0, 0.05) is 17.2 Å². The number of alkyl halides is 2. The molecule has 0 unspecified atom stereocenters. The minimum absolute atomic E-state index is 0.0791. The fourth-order valence-electron chi connectivity index (χ4n) is 6.24. The largest absolute Gasteiger partial charge is 0.432 e. The second-order valence-corrected chi connectivity index (χ2v) is 14.5. The zero-order chi connectivity index (χ0) is 36.9. The Kier molecular flexibility index (Phi) is 9.33. The summed E-state index contributed by atoms with van der Waals surface area (Å²) in [5.41, 5.74) is -3.82. The molecule has 5 rings (SSSR count). The van der Waals surface area contributed by atoms with Gasteiger partial charge in [0.15, 0.2) is 4.90 Å². The van der Waals surface area contributed by atoms with Gasteiger partial charge in [-0.1, -0.05) is 37.6 Å². The van der Waals surface area contributed by atoms with Gasteiger partial charge >= 0.3 is 16.3 Å². The number of benzene rings is 4. The lowest BCUT2D eigenvalue weighted by Gasteiger charge is -2.40. The predicted octanol–water partition coefficient (Wildman–Crippen LogP) is 13.9. The molecule has 15 heteroatoms. The van der Waals surface area contributed by atoms with E-state index < -0.39 is 84.1 Å². The number of hydrogen-bond acceptors (Lipinski definition) is 1. The van der Waals surface area contributed by atoms with Gasteiger partial charge in [0.2, 0.25) is 0 Å². The van der Waals surface area contributed by atoms with Crippen molar-refractivity contribution in [3.8, 4) is 28.0 Å². The van der Waals surface area contributed by atoms with Gasteiger partial charge in [-0.2, -0.15) is 8.78 Å². The van der Waals surface area contributed by atoms with Crippen molar-refractivity contribution >= 4 is 10.2 Å². The summed E-state index contributed by atoms with van der Waals surface area (Å²) in [6.07, 6.45) is 2.53. The third kappa shape index (κ3) is 7.92. The highest BCUT2D eigenvalue weighted by Gasteiger charge is 2.69. The molecule has 270 valence electrons. The molecule has 0 heterocycles. The highest BCUT2D eigenvalue weighted by atomic mass is 32.5. The fraction of sp³-hybridized carbons (Fsp3) is 0.257. The van der Waals surface area contributed by atoms with Crippen LogP contribution in [0.1, 0.15) is 55.6 Å². The van der Waals surface area contributed by atoms with Crippen molar-refractivity contribution in [2.45, 2.75) is 55.4 Å². The van der Waals surface area contributed by atoms with E-state index in [1.165, 1.54) is 12.1 Å². The summed E-state index contributed by atoms with van der Waals surface area (Å²) >= 11 is 0. The smallest absolute Gasteiger partial charge is 0.429 e. The van der Waals surface area contributed by atoms with Gasteiger partial charge in [0.25, 0.3) is 0 Å². The topological polar surface area (TPSA) is 9.23 Å². The molecule has 0 aromatic heterocycles. The first-order valence-corrected chi connectivity index (χ1v) is 17.0. The van der Waals surface area contributed by atoms with E-state index >= 15 is 22.0 Å². The van der Waals surface area contributed by atoms with Gasteiger partial charge in [0.1, 0.15) is 46.2 Å². The van der Waals surface area contributed by atoms with E-state index in [4.69, 9.17) is 0 Å². The van der Waals surface area contributed by atoms with E-state index in [-0.39, 0.29) is 29.7 Å². The van der Waals surface area contributed by atoms with Crippen LogP contribution in [0.15, 0.2) is 78.2 Å². The molecule has 1 saturated carbocycles. The summed E-state index contributed by atoms with van der Waals surface area (Å²) < 4.78 is 188. The molecular weight excluding hydrogens is 715 g/mol. The average molecular weight is 743 g/mol. The molecule has 0 aliphatic heterocycles. The Morgan fingerprint density at radius 2 is 1.16 bits per heavy atom. The van der Waals surface area contributed by atoms with Crippen LogP contribution >= 0.6 is 10.2 Å². The second kappa shape index (κ2) is 12.6. The Labute approximate surface area is 278 Å². The van der Waals surface area contributed by atoms with Gasteiger partial charge in [-0.15, -0.1) is 6.58 Å². The van der Waals surface area contributed by atoms with Gasteiger partial charge in [-0.05, 0) is 110 Å². The van der Waals surface area contributed by atoms with Crippen LogP contribution in [0.25, 0.3) is 22.3 Å². The lowest BCUT2D eigenvalue weighted by atomic mass is 9.77. The molecule has 0 N–H and O–H groups in total. The summed E-state index contributed by atoms with van der Waals surface area (Å²) in [4.78, 5) is -3.45. The minimum atomic E-state index is -10.8. The number of ether oxygens (including phenoxy) is 1. The first-order chi connectivity index (χ1) is 23.1. The molecule has 1 fully saturated rings. The summed E-state index contributed by atoms with van der Waals surface area (Å²) in [5.74, 6) is -12.1. The summed E-state index contributed by atoms with van der Waals surface area (Å²) in [5, 5.41) is 0. The molecular formula is C35H27F13OS. The number of allylic oxidation sites excluding steroid dienone is 1. The van der Waals surface area contributed by atoms with Gasteiger partial charge in [-0.3, -0.25) is 0 Å². The molecule has 0 radical (unpaired) electrons. The van der Waals surface area contributed by atoms with E-state index in [0.29, 0.717) is 35.7 Å². The van der Waals surface area contributed by atoms with Crippen LogP contribution in [0.3, 0.4) is 0 Å². The Bertz CT molecular complexity index is 1900. The number of rotatable bonds is 10. The maximum atomic E-state index is 15.2. The third-order valence-electron chi connectivity index (χ3n) is 8.62. The van der Waals surface area contributed by atoms with E-state index in [1.807, 2.05) is 6.08 Å². The van der Waals surface area contributed by atoms with Crippen molar-refractivity contribution in [1.82, 2.24) is 0 Å². The van der Waals surface area contributed by atoms with Crippen LogP contribution in [-0.2, 0) is 6.11 Å². The zero-order valence-corrected chi connectivity index (χ0v) is 26.5. The molecule has 1 nitrogen and oxygen atoms in total. The highest BCUT2D eigenvalue weighted by Crippen LogP contribution is 3.02. The Morgan fingerprint density at radius 3 is 1.64 bits per heavy atom. The lowest BCUT2D eigenvalue weighted by molar-refractivity contribution is -0.189. The Balaban J connectivity index is 1.35. The van der Waals surface area contributed by atoms with Crippen LogP contribution < -0.4 is 4.74 Å². The second-order valence-electron chi connectivity index (χ2n) is 12.1. The van der Waals surface area contributed by atoms with E-state index in [0.717, 1.165) is 38.5 Å². The van der Waals surface area contributed by atoms with Crippen LogP contribution in [0.2, 0.25) is 0 Å². The van der Waals surface area contributed by atoms with E-state index in [2.05, 4.69) is 11.3 Å². The summed E-state index contributed by atoms with van der Waals surface area (Å²) in [6, 6.07) is 5.79. The highest BCUT2D eigenvalue weighted by molar-refractivity contribution is 8.45. The van der Waals surface area contributed by atoms with E-state index in [1.54, 1.807) is 6.07 Å². The SMILES string of the molecule is C=CCCC1CCC(c2ccc(-c3cc(F)c(C(F)(F)Oc4ccc(-c5cc(F)c(S(F)(F)(F)(F)F)c(F)c5)c(F)c4)c(F)c3)c(F)c2)CC1. The molecule has 4 aromatic carbocycles. The van der Waals surface area contributed by atoms with E-state index in [9.17, 15) is 32.6 Å². The molecule has 0 atom stereocenters. The van der Waals surface area contributed by atoms with Crippen molar-refractivity contribution in [2.75, 3.05) is 0 Å². The molecule has 0 spiro atoms. The monoisotopic (exact) mass is 742 g/mol. The molecule has 0 bridgehead atoms. The van der Waals surface area contributed by atoms with Crippen molar-refractivity contribution in [1.29, 1.82) is 0 Å². The van der Waals surface area contributed by atoms with Crippen LogP contribution in [0, 0.1) is 40.8 Å². The standard InChI is InChI=1S/C35H27F13OS/c1-2-3-4-19-5-7-20(8-6-19)21-9-11-25(27(36)13-21)22-14-29(38)33(30(39)15-22)35(42,43)49-24-10-12-26(28(37)18-24)23-16-31(40)34(32(41)17-23)50(44,45,46,47)48/h2,9-20H,1,3-8H2. The third-order valence-corrected chi connectivity index (χ3v) is 9.78. The molecule has 0 amide bonds. The zero-order valence-electron chi connectivity index (χ0n) is 25.7. The maximum Gasteiger partial charge on any atom is 0.432 e. The predicted molar refractivity (Wildman–Crippen MR) is 164 cm³/mol. The molecule has 4 aromatic rings. The van der Waals surface area contributed by atoms with Crippen LogP contribution in [0.4, 0.5) is 54.6 Å². The Morgan fingerprint density at radius 1 is 0.660 bits per heavy atom. The molecule has 1 aliphatic rings. The van der Waals surface area contributed by atoms with Crippen molar-refractivity contribution in [3.05, 3.63) is 119 Å². The average Bonchev–Trinajstić information content (AvgIpc) is 2.97. The first-order valence-electron chi connectivity index (χ1n) is 15.1. The molecule has 50 heavy (non-hydrogen) atoms. The van der Waals surface area contributed by atoms with Crippen LogP contribution in [0.5, 0.6) is 5.75 Å². The van der Waals surface area contributed by atoms with Gasteiger partial charge < -0.3 is 4.74 Å². The van der Waals surface area contributed by atoms with Crippen molar-refractivity contribution in [2.24, 2.45) is 5.92 Å². The summed E-state index contributed by atoms with van der Waals surface area (Å²) in [7, 11) is -10.8. The van der Waals surface area contributed by atoms with Gasteiger partial charge in [0.05, 0.1) is 0 Å². The lowest BCUT2D eigenvalue weighted by Crippen LogP contribution is -2.25. The summed E-state index contributed by atoms with van der Waals surface area (Å²) in [6.45, 7) is 3.72. The van der Waals surface area contributed by atoms with Crippen molar-refractivity contribution < 1.29 is 59.3 Å². The minimum Gasteiger partial charge on any atom is -0.429 e. The number of hydrogen-bond donors (Lipinski definition) is 0. The first kappa shape index (κ1) is 37.1. The maximum absolute atomic E-state index is 15.2. The Hall–Kier alpha value is -4.14. The van der Waals surface area contributed by atoms with Crippen molar-refractivity contribution in [3.63, 3.8) is 0 Å². The molecule has 1 aliphatic carbocycles. The number of halogens is 13. The van der Waals surface area contributed by atoms with Gasteiger partial charge in [-0.25, -0.2) is 26.3 Å². The van der Waals surface area contributed by atoms with Crippen LogP contribution in [-0.4, -0.2) is 0 Å². The quantitative estimate of drug-likeness (QED) is 0.116. The normalized spacial score (nSPS) is 18.3. The molecule has 0 saturated heterocycles.